The third-order valence-corrected chi connectivity index (χ3v) is 20.0. The average molecular weight is 1560 g/mol. The van der Waals surface area contributed by atoms with E-state index < -0.39 is 37.0 Å². The van der Waals surface area contributed by atoms with Gasteiger partial charge in [0.25, 0.3) is 0 Å². The van der Waals surface area contributed by atoms with Gasteiger partial charge in [0.2, 0.25) is 0 Å². The van der Waals surface area contributed by atoms with Crippen molar-refractivity contribution in [3.05, 3.63) is 0 Å². The number of rotatable bonds is 74. The highest BCUT2D eigenvalue weighted by Gasteiger charge is 2.20. The Hall–Kier alpha value is -0.680. The molecule has 0 aliphatic carbocycles. The van der Waals surface area contributed by atoms with E-state index in [0.717, 1.165) is 91.1 Å². The number of nitrogens with one attached hydrogen (secondary N) is 3. The maximum absolute atomic E-state index is 10.1. The van der Waals surface area contributed by atoms with Crippen LogP contribution < -0.4 is 21.7 Å². The lowest BCUT2D eigenvalue weighted by atomic mass is 10.1. The monoisotopic (exact) mass is 1550 g/mol. The van der Waals surface area contributed by atoms with Crippen LogP contribution in [0.15, 0.2) is 0 Å². The summed E-state index contributed by atoms with van der Waals surface area (Å²) in [7, 11) is 0. The van der Waals surface area contributed by atoms with E-state index in [1.54, 1.807) is 20.8 Å². The van der Waals surface area contributed by atoms with Crippen LogP contribution in [0.25, 0.3) is 0 Å². The van der Waals surface area contributed by atoms with Gasteiger partial charge in [0.05, 0.1) is 24.4 Å². The summed E-state index contributed by atoms with van der Waals surface area (Å²) in [6, 6.07) is 0. The van der Waals surface area contributed by atoms with Crippen LogP contribution in [0.1, 0.15) is 464 Å². The minimum absolute atomic E-state index is 0.190. The Morgan fingerprint density at radius 2 is 0.500 bits per heavy atom. The van der Waals surface area contributed by atoms with Gasteiger partial charge in [0, 0.05) is 32.7 Å². The highest BCUT2D eigenvalue weighted by Crippen LogP contribution is 2.16. The molecule has 108 heavy (non-hydrogen) atoms. The maximum atomic E-state index is 10.1. The van der Waals surface area contributed by atoms with E-state index in [1.807, 2.05) is 20.8 Å². The van der Waals surface area contributed by atoms with Gasteiger partial charge in [0.1, 0.15) is 37.4 Å². The van der Waals surface area contributed by atoms with Crippen LogP contribution in [0.4, 0.5) is 0 Å². The molecule has 17 heteroatoms. The molecule has 0 aromatic heterocycles. The quantitative estimate of drug-likeness (QED) is 0.0199. The molecule has 0 rings (SSSR count). The fourth-order valence-corrected chi connectivity index (χ4v) is 12.4. The van der Waals surface area contributed by atoms with Crippen LogP contribution in [-0.2, 0) is 0 Å². The molecule has 0 aromatic rings. The Kier molecular flexibility index (Phi) is 116. The van der Waals surface area contributed by atoms with Crippen LogP contribution in [0.2, 0.25) is 0 Å². The van der Waals surface area contributed by atoms with Crippen LogP contribution in [0.5, 0.6) is 0 Å². The average Bonchev–Trinajstić information content (AvgIpc) is 0.926. The van der Waals surface area contributed by atoms with Crippen LogP contribution in [0, 0.1) is 0 Å². The van der Waals surface area contributed by atoms with Gasteiger partial charge in [0.15, 0.2) is 0 Å². The second kappa shape index (κ2) is 104. The Morgan fingerprint density at radius 1 is 0.269 bits per heavy atom. The van der Waals surface area contributed by atoms with Gasteiger partial charge in [-0.1, -0.05) is 371 Å². The minimum Gasteiger partial charge on any atom is -0.392 e. The summed E-state index contributed by atoms with van der Waals surface area (Å²) in [4.78, 5) is 6.52. The lowest BCUT2D eigenvalue weighted by Gasteiger charge is -2.29. The molecule has 10 unspecified atom stereocenters. The molecule has 15 N–H and O–H groups in total. The molecule has 0 aromatic carbocycles. The van der Waals surface area contributed by atoms with E-state index >= 15 is 0 Å². The van der Waals surface area contributed by atoms with Crippen molar-refractivity contribution in [1.82, 2.24) is 30.7 Å². The van der Waals surface area contributed by atoms with E-state index in [1.165, 1.54) is 334 Å². The molecule has 0 radical (unpaired) electrons. The van der Waals surface area contributed by atoms with Crippen molar-refractivity contribution < 1.29 is 51.1 Å². The topological polar surface area (TPSA) is 274 Å². The number of aliphatic hydroxyl groups is 10. The molecule has 0 spiro atoms. The smallest absolute Gasteiger partial charge is 0.133 e. The summed E-state index contributed by atoms with van der Waals surface area (Å²) in [6.45, 7) is 41.7. The summed E-state index contributed by atoms with van der Waals surface area (Å²) in [5.74, 6) is 0. The summed E-state index contributed by atoms with van der Waals surface area (Å²) in [5.41, 5.74) is 4.74. The van der Waals surface area contributed by atoms with Gasteiger partial charge in [-0.25, -0.2) is 0 Å². The second-order valence-corrected chi connectivity index (χ2v) is 31.7. The van der Waals surface area contributed by atoms with Gasteiger partial charge in [-0.05, 0) is 126 Å². The van der Waals surface area contributed by atoms with Crippen molar-refractivity contribution in [2.24, 2.45) is 5.73 Å². The molecule has 0 heterocycles. The fraction of sp³-hybridized carbons (Fsp3) is 1.00. The Balaban J connectivity index is -0.000000226. The summed E-state index contributed by atoms with van der Waals surface area (Å²) >= 11 is 0. The van der Waals surface area contributed by atoms with Crippen molar-refractivity contribution in [1.29, 1.82) is 0 Å². The van der Waals surface area contributed by atoms with E-state index in [-0.39, 0.29) is 24.8 Å². The zero-order valence-corrected chi connectivity index (χ0v) is 75.6. The van der Waals surface area contributed by atoms with E-state index in [2.05, 4.69) is 93.0 Å². The van der Waals surface area contributed by atoms with Gasteiger partial charge < -0.3 is 61.7 Å². The number of likely N-dealkylation sites (N-methyl/N-ethyl adjacent to an activating group) is 1. The number of unbranched alkanes of at least 4 members (excludes halogenated alkanes) is 47. The van der Waals surface area contributed by atoms with Crippen molar-refractivity contribution in [2.75, 3.05) is 65.4 Å². The molecule has 17 nitrogen and oxygen atoms in total. The molecule has 0 fully saturated rings. The largest absolute Gasteiger partial charge is 0.392 e. The van der Waals surface area contributed by atoms with Crippen LogP contribution in [-0.4, -0.2) is 193 Å². The van der Waals surface area contributed by atoms with Gasteiger partial charge in [-0.3, -0.25) is 25.8 Å². The molecular weight excluding hydrogens is 1350 g/mol. The Labute approximate surface area is 675 Å². The summed E-state index contributed by atoms with van der Waals surface area (Å²) in [6.07, 6.45) is 66.7. The molecule has 0 bridgehead atoms. The van der Waals surface area contributed by atoms with Crippen molar-refractivity contribution >= 4 is 0 Å². The molecular formula is C91H203N7O10. The number of hydrogen-bond donors (Lipinski definition) is 14. The SMILES string of the molecule is CC(O)C(N)O.CCCCCCCCCCCCNC(C)O.CCCCCCCCCCCCNC(O)C(C)O.CCCCCCCCCCCCNC(O)CC.CCCCCCCCN(CCCCCCCC)C(C)O.CCCCCCCCN(CCCCCCCC)C(O)C(C)O.CCN(CC)CC(C)O. The Bertz CT molecular complexity index is 1470. The normalized spacial score (nSPS) is 14.1. The lowest BCUT2D eigenvalue weighted by molar-refractivity contribution is -0.0767. The molecule has 0 saturated carbocycles. The predicted molar refractivity (Wildman–Crippen MR) is 473 cm³/mol. The van der Waals surface area contributed by atoms with Gasteiger partial charge in [-0.15, -0.1) is 0 Å². The first kappa shape index (κ1) is 121. The van der Waals surface area contributed by atoms with Crippen molar-refractivity contribution in [3.8, 4) is 0 Å². The standard InChI is InChI=1S/C19H41NO2.C18H39NO.C15H33NO2.C15H33NO.C14H31NO.C7H17NO.C3H9NO2/c1-4-6-8-10-12-14-16-20(19(22)18(3)21)17-15-13-11-9-7-5-2;1-4-6-8-10-12-14-16-19(18(3)20)17-15-13-11-9-7-5-2;1-3-4-5-6-7-8-9-10-11-12-13-16-15(18)14(2)17;1-3-5-6-7-8-9-10-11-12-13-14-16-15(17)4-2;1-3-4-5-6-7-8-9-10-11-12-13-15-14(2)16;1-4-8(5-2)6-7(3)9;1-2(5)3(4)6/h18-19,21-22H,4-17H2,1-3H3;18,20H,4-17H2,1-3H3;14-18H,3-13H2,1-2H3;15-17H,3-14H2,1-2H3;14-16H,3-13H2,1-2H3;7,9H,4-6H2,1-3H3;2-3,5-6H,4H2,1H3. The number of nitrogens with two attached hydrogens (primary N) is 1. The van der Waals surface area contributed by atoms with Gasteiger partial charge >= 0.3 is 0 Å². The number of hydrogen-bond acceptors (Lipinski definition) is 17. The zero-order chi connectivity index (χ0) is 82.6. The molecule has 10 atom stereocenters. The van der Waals surface area contributed by atoms with Crippen molar-refractivity contribution in [3.63, 3.8) is 0 Å². The fourth-order valence-electron chi connectivity index (χ4n) is 12.4. The molecule has 0 aliphatic rings. The van der Waals surface area contributed by atoms with E-state index in [0.29, 0.717) is 0 Å². The first-order chi connectivity index (χ1) is 52.0. The third kappa shape index (κ3) is 114. The zero-order valence-electron chi connectivity index (χ0n) is 75.6. The predicted octanol–water partition coefficient (Wildman–Crippen LogP) is 20.7. The van der Waals surface area contributed by atoms with Crippen LogP contribution in [0.3, 0.4) is 0 Å². The highest BCUT2D eigenvalue weighted by atomic mass is 16.3. The van der Waals surface area contributed by atoms with Crippen LogP contribution >= 0.6 is 0 Å². The summed E-state index contributed by atoms with van der Waals surface area (Å²) < 4.78 is 0. The minimum atomic E-state index is -1.09. The second-order valence-electron chi connectivity index (χ2n) is 31.7. The first-order valence-electron chi connectivity index (χ1n) is 46.9. The van der Waals surface area contributed by atoms with Crippen molar-refractivity contribution in [2.45, 2.75) is 526 Å². The third-order valence-electron chi connectivity index (χ3n) is 20.0. The summed E-state index contributed by atoms with van der Waals surface area (Å²) in [5, 5.41) is 101. The first-order valence-corrected chi connectivity index (χ1v) is 46.9. The van der Waals surface area contributed by atoms with Gasteiger partial charge in [-0.2, -0.15) is 0 Å². The Morgan fingerprint density at radius 3 is 0.694 bits per heavy atom. The molecule has 0 saturated heterocycles. The van der Waals surface area contributed by atoms with E-state index in [9.17, 15) is 25.5 Å². The molecule has 0 aliphatic heterocycles. The lowest BCUT2D eigenvalue weighted by Crippen LogP contribution is -2.43. The molecule has 662 valence electrons. The maximum Gasteiger partial charge on any atom is 0.133 e. The highest BCUT2D eigenvalue weighted by molar-refractivity contribution is 4.68. The number of aliphatic hydroxyl groups excluding tert-OH is 10. The van der Waals surface area contributed by atoms with E-state index in [4.69, 9.17) is 31.3 Å². The number of nitrogens with zero attached hydrogens (tertiary/aromatic N) is 3. The molecule has 0 amide bonds.